The molecule has 0 heterocycles. The van der Waals surface area contributed by atoms with E-state index >= 15 is 0 Å². The third kappa shape index (κ3) is 33.5. The van der Waals surface area contributed by atoms with Crippen molar-refractivity contribution in [2.45, 2.75) is 19.8 Å². The molecule has 4 N–H and O–H groups in total. The Bertz CT molecular complexity index is 174. The Kier molecular flexibility index (Phi) is 51.8. The van der Waals surface area contributed by atoms with E-state index in [0.29, 0.717) is 0 Å². The van der Waals surface area contributed by atoms with Crippen LogP contribution in [-0.4, -0.2) is 52.9 Å². The molecule has 0 aromatic rings. The van der Waals surface area contributed by atoms with Crippen LogP contribution in [0.15, 0.2) is 12.2 Å². The fourth-order valence-corrected chi connectivity index (χ4v) is 1.44. The maximum atomic E-state index is 3.39. The zero-order chi connectivity index (χ0) is 12.6. The van der Waals surface area contributed by atoms with Gasteiger partial charge in [-0.05, 0) is 52.6 Å². The molecule has 0 radical (unpaired) electrons. The largest absolute Gasteiger partial charge is 0.320 e. The Morgan fingerprint density at radius 2 is 1.10 bits per heavy atom. The highest BCUT2D eigenvalue weighted by Gasteiger charge is 1.86. The summed E-state index contributed by atoms with van der Waals surface area (Å²) < 4.78 is 0. The predicted molar refractivity (Wildman–Crippen MR) is 106 cm³/mol. The van der Waals surface area contributed by atoms with Crippen LogP contribution >= 0.6 is 49.6 Å². The molecule has 0 atom stereocenters. The molecule has 4 nitrogen and oxygen atoms in total. The summed E-state index contributed by atoms with van der Waals surface area (Å²) in [6.07, 6.45) is 6.77. The van der Waals surface area contributed by atoms with E-state index < -0.39 is 0 Å². The zero-order valence-electron chi connectivity index (χ0n) is 13.2. The van der Waals surface area contributed by atoms with Crippen molar-refractivity contribution in [1.82, 2.24) is 21.3 Å². The first-order chi connectivity index (χ1) is 8.41. The highest BCUT2D eigenvalue weighted by atomic mass is 35.5. The Hall–Kier alpha value is 0.740. The minimum absolute atomic E-state index is 0. The van der Waals surface area contributed by atoms with Crippen molar-refractivity contribution < 1.29 is 0 Å². The van der Waals surface area contributed by atoms with Gasteiger partial charge in [-0.2, -0.15) is 0 Å². The van der Waals surface area contributed by atoms with Gasteiger partial charge >= 0.3 is 0 Å². The Balaban J connectivity index is -0.000000213. The minimum atomic E-state index is 0. The van der Waals surface area contributed by atoms with Crippen molar-refractivity contribution in [2.75, 3.05) is 52.9 Å². The van der Waals surface area contributed by atoms with Crippen molar-refractivity contribution in [3.05, 3.63) is 12.2 Å². The van der Waals surface area contributed by atoms with Gasteiger partial charge < -0.3 is 21.3 Å². The van der Waals surface area contributed by atoms with Crippen molar-refractivity contribution in [3.63, 3.8) is 0 Å². The summed E-state index contributed by atoms with van der Waals surface area (Å²) in [5.74, 6) is 0. The van der Waals surface area contributed by atoms with Crippen LogP contribution in [0.25, 0.3) is 0 Å². The zero-order valence-corrected chi connectivity index (χ0v) is 16.4. The Morgan fingerprint density at radius 1 is 0.667 bits per heavy atom. The molecule has 0 amide bonds. The summed E-state index contributed by atoms with van der Waals surface area (Å²) in [6, 6.07) is 0. The summed E-state index contributed by atoms with van der Waals surface area (Å²) in [5.41, 5.74) is 0. The summed E-state index contributed by atoms with van der Waals surface area (Å²) in [6.45, 7) is 9.53. The first kappa shape index (κ1) is 33.4. The number of rotatable bonds is 13. The van der Waals surface area contributed by atoms with Crippen LogP contribution in [0.3, 0.4) is 0 Å². The highest BCUT2D eigenvalue weighted by Crippen LogP contribution is 1.76. The molecule has 21 heavy (non-hydrogen) atoms. The van der Waals surface area contributed by atoms with Gasteiger partial charge in [-0.1, -0.05) is 19.1 Å². The van der Waals surface area contributed by atoms with E-state index in [1.54, 1.807) is 0 Å². The number of halogens is 4. The third-order valence-corrected chi connectivity index (χ3v) is 2.43. The van der Waals surface area contributed by atoms with Gasteiger partial charge in [0.2, 0.25) is 0 Å². The molecular weight excluding hydrogens is 354 g/mol. The quantitative estimate of drug-likeness (QED) is 0.288. The van der Waals surface area contributed by atoms with E-state index in [-0.39, 0.29) is 49.6 Å². The van der Waals surface area contributed by atoms with Crippen LogP contribution in [-0.2, 0) is 0 Å². The summed E-state index contributed by atoms with van der Waals surface area (Å²) >= 11 is 0. The molecule has 0 saturated carbocycles. The second kappa shape index (κ2) is 32.6. The molecule has 0 aliphatic carbocycles. The molecule has 0 spiro atoms. The number of hydrogen-bond donors (Lipinski definition) is 4. The minimum Gasteiger partial charge on any atom is -0.320 e. The van der Waals surface area contributed by atoms with Gasteiger partial charge in [-0.3, -0.25) is 0 Å². The molecule has 0 aliphatic rings. The molecule has 0 fully saturated rings. The first-order valence-electron chi connectivity index (χ1n) is 6.83. The first-order valence-corrected chi connectivity index (χ1v) is 6.83. The molecule has 134 valence electrons. The van der Waals surface area contributed by atoms with Crippen LogP contribution in [0.2, 0.25) is 0 Å². The lowest BCUT2D eigenvalue weighted by Crippen LogP contribution is -2.22. The normalized spacial score (nSPS) is 9.24. The molecule has 0 saturated heterocycles. The monoisotopic (exact) mass is 386 g/mol. The van der Waals surface area contributed by atoms with Crippen LogP contribution in [0, 0.1) is 0 Å². The van der Waals surface area contributed by atoms with Gasteiger partial charge in [-0.15, -0.1) is 49.6 Å². The van der Waals surface area contributed by atoms with Crippen molar-refractivity contribution >= 4 is 49.6 Å². The highest BCUT2D eigenvalue weighted by molar-refractivity contribution is 5.86. The molecule has 8 heteroatoms. The van der Waals surface area contributed by atoms with Crippen LogP contribution < -0.4 is 21.3 Å². The van der Waals surface area contributed by atoms with E-state index in [0.717, 1.165) is 45.8 Å². The Labute approximate surface area is 155 Å². The molecule has 0 rings (SSSR count). The van der Waals surface area contributed by atoms with Gasteiger partial charge in [0.1, 0.15) is 0 Å². The van der Waals surface area contributed by atoms with Crippen LogP contribution in [0.1, 0.15) is 19.8 Å². The smallest absolute Gasteiger partial charge is 0.0135 e. The lowest BCUT2D eigenvalue weighted by atomic mass is 10.4. The fourth-order valence-electron chi connectivity index (χ4n) is 1.44. The van der Waals surface area contributed by atoms with Crippen LogP contribution in [0.5, 0.6) is 0 Å². The lowest BCUT2D eigenvalue weighted by molar-refractivity contribution is 0.627. The van der Waals surface area contributed by atoms with E-state index in [1.165, 1.54) is 12.8 Å². The predicted octanol–water partition coefficient (Wildman–Crippen LogP) is 2.02. The van der Waals surface area contributed by atoms with E-state index in [4.69, 9.17) is 0 Å². The number of nitrogens with one attached hydrogen (secondary N) is 4. The van der Waals surface area contributed by atoms with Crippen molar-refractivity contribution in [1.29, 1.82) is 0 Å². The molecule has 0 aliphatic heterocycles. The average Bonchev–Trinajstić information content (AvgIpc) is 2.35. The lowest BCUT2D eigenvalue weighted by Gasteiger charge is -2.02. The molecule has 0 unspecified atom stereocenters. The van der Waals surface area contributed by atoms with Gasteiger partial charge in [0.15, 0.2) is 0 Å². The van der Waals surface area contributed by atoms with Crippen LogP contribution in [0.4, 0.5) is 0 Å². The summed E-state index contributed by atoms with van der Waals surface area (Å²) in [7, 11) is 1.99. The van der Waals surface area contributed by atoms with E-state index in [9.17, 15) is 0 Å². The maximum Gasteiger partial charge on any atom is 0.0135 e. The molecule has 0 bridgehead atoms. The number of hydrogen-bond acceptors (Lipinski definition) is 4. The summed E-state index contributed by atoms with van der Waals surface area (Å²) in [5, 5.41) is 13.2. The van der Waals surface area contributed by atoms with E-state index in [2.05, 4.69) is 40.3 Å². The molecular formula is C13H34Cl4N4. The average molecular weight is 388 g/mol. The topological polar surface area (TPSA) is 48.1 Å². The van der Waals surface area contributed by atoms with Crippen molar-refractivity contribution in [2.24, 2.45) is 0 Å². The SMILES string of the molecule is CCNCCCNCC=CCNCCCNC.Cl.Cl.Cl.Cl. The van der Waals surface area contributed by atoms with E-state index in [1.807, 2.05) is 7.05 Å². The van der Waals surface area contributed by atoms with Gasteiger partial charge in [0, 0.05) is 13.1 Å². The second-order valence-electron chi connectivity index (χ2n) is 4.04. The molecule has 0 aromatic carbocycles. The van der Waals surface area contributed by atoms with Crippen molar-refractivity contribution in [3.8, 4) is 0 Å². The van der Waals surface area contributed by atoms with Gasteiger partial charge in [-0.25, -0.2) is 0 Å². The summed E-state index contributed by atoms with van der Waals surface area (Å²) in [4.78, 5) is 0. The third-order valence-electron chi connectivity index (χ3n) is 2.43. The fraction of sp³-hybridized carbons (Fsp3) is 0.846. The second-order valence-corrected chi connectivity index (χ2v) is 4.04. The Morgan fingerprint density at radius 3 is 1.52 bits per heavy atom. The van der Waals surface area contributed by atoms with Gasteiger partial charge in [0.05, 0.1) is 0 Å². The van der Waals surface area contributed by atoms with Gasteiger partial charge in [0.25, 0.3) is 0 Å². The molecule has 0 aromatic heterocycles. The standard InChI is InChI=1S/C13H30N4.4ClH/c1-3-15-11-7-13-17-10-5-4-9-16-12-6-8-14-2;;;;/h4-5,14-17H,3,6-13H2,1-2H3;4*1H. The maximum absolute atomic E-state index is 3.39.